The Balaban J connectivity index is 2.21. The van der Waals surface area contributed by atoms with Crippen molar-refractivity contribution in [2.75, 3.05) is 47.4 Å². The molecule has 0 bridgehead atoms. The van der Waals surface area contributed by atoms with Crippen LogP contribution < -0.4 is 10.6 Å². The van der Waals surface area contributed by atoms with Crippen molar-refractivity contribution in [3.63, 3.8) is 0 Å². The Bertz CT molecular complexity index is 711. The molecular weight excluding hydrogens is 310 g/mol. The smallest absolute Gasteiger partial charge is 0.287 e. The lowest BCUT2D eigenvalue weighted by Crippen LogP contribution is -2.32. The average Bonchev–Trinajstić information content (AvgIpc) is 2.94. The first-order valence-corrected chi connectivity index (χ1v) is 7.71. The van der Waals surface area contributed by atoms with Crippen LogP contribution in [0.1, 0.15) is 21.1 Å². The van der Waals surface area contributed by atoms with E-state index in [4.69, 9.17) is 4.74 Å². The van der Waals surface area contributed by atoms with E-state index >= 15 is 0 Å². The fourth-order valence-electron chi connectivity index (χ4n) is 2.19. The van der Waals surface area contributed by atoms with Crippen molar-refractivity contribution in [3.8, 4) is 0 Å². The molecule has 0 saturated carbocycles. The number of nitrogens with one attached hydrogen (secondary N) is 2. The summed E-state index contributed by atoms with van der Waals surface area (Å²) in [6, 6.07) is 5.35. The van der Waals surface area contributed by atoms with Crippen molar-refractivity contribution < 1.29 is 14.3 Å². The number of rotatable bonds is 8. The Labute approximate surface area is 140 Å². The number of aromatic nitrogens is 2. The summed E-state index contributed by atoms with van der Waals surface area (Å²) in [4.78, 5) is 30.9. The van der Waals surface area contributed by atoms with Gasteiger partial charge >= 0.3 is 0 Å². The lowest BCUT2D eigenvalue weighted by atomic mass is 10.3. The number of carbonyl (C=O) groups is 2. The summed E-state index contributed by atoms with van der Waals surface area (Å²) in [6.07, 6.45) is 1.72. The molecule has 0 aliphatic rings. The largest absolute Gasteiger partial charge is 0.383 e. The van der Waals surface area contributed by atoms with Crippen molar-refractivity contribution in [1.29, 1.82) is 0 Å². The van der Waals surface area contributed by atoms with E-state index in [-0.39, 0.29) is 23.3 Å². The summed E-state index contributed by atoms with van der Waals surface area (Å²) < 4.78 is 6.54. The van der Waals surface area contributed by atoms with E-state index in [1.165, 1.54) is 0 Å². The fraction of sp³-hybridized carbons (Fsp3) is 0.438. The maximum absolute atomic E-state index is 12.4. The highest BCUT2D eigenvalue weighted by Gasteiger charge is 2.20. The Morgan fingerprint density at radius 1 is 1.21 bits per heavy atom. The number of hydrogen-bond acceptors (Lipinski definition) is 5. The van der Waals surface area contributed by atoms with Crippen molar-refractivity contribution in [1.82, 2.24) is 24.9 Å². The van der Waals surface area contributed by atoms with Crippen LogP contribution in [0.15, 0.2) is 24.4 Å². The molecule has 0 atom stereocenters. The van der Waals surface area contributed by atoms with E-state index in [0.717, 1.165) is 6.54 Å². The second kappa shape index (κ2) is 8.42. The molecule has 0 spiro atoms. The highest BCUT2D eigenvalue weighted by molar-refractivity contribution is 6.02. The predicted octanol–water partition coefficient (Wildman–Crippen LogP) is 0.00190. The topological polar surface area (TPSA) is 88.0 Å². The zero-order valence-electron chi connectivity index (χ0n) is 14.2. The molecule has 0 aliphatic carbocycles. The average molecular weight is 333 g/mol. The van der Waals surface area contributed by atoms with Gasteiger partial charge < -0.3 is 20.3 Å². The van der Waals surface area contributed by atoms with Crippen LogP contribution in [0.3, 0.4) is 0 Å². The van der Waals surface area contributed by atoms with Crippen LogP contribution in [0.4, 0.5) is 0 Å². The molecule has 8 nitrogen and oxygen atoms in total. The van der Waals surface area contributed by atoms with E-state index in [0.29, 0.717) is 25.2 Å². The monoisotopic (exact) mass is 333 g/mol. The molecule has 2 N–H and O–H groups in total. The minimum Gasteiger partial charge on any atom is -0.383 e. The van der Waals surface area contributed by atoms with Crippen LogP contribution in [-0.4, -0.2) is 73.5 Å². The minimum atomic E-state index is -0.330. The third-order valence-corrected chi connectivity index (χ3v) is 3.40. The predicted molar refractivity (Wildman–Crippen MR) is 90.3 cm³/mol. The number of pyridine rings is 1. The van der Waals surface area contributed by atoms with Gasteiger partial charge in [-0.15, -0.1) is 0 Å². The normalized spacial score (nSPS) is 11.0. The second-order valence-corrected chi connectivity index (χ2v) is 5.55. The van der Waals surface area contributed by atoms with E-state index in [1.54, 1.807) is 35.9 Å². The number of hydrogen-bond donors (Lipinski definition) is 2. The number of ether oxygens (including phenoxy) is 1. The van der Waals surface area contributed by atoms with Crippen LogP contribution in [-0.2, 0) is 4.74 Å². The summed E-state index contributed by atoms with van der Waals surface area (Å²) in [5, 5.41) is 5.54. The summed E-state index contributed by atoms with van der Waals surface area (Å²) in [7, 11) is 5.42. The van der Waals surface area contributed by atoms with Gasteiger partial charge in [-0.1, -0.05) is 6.07 Å². The van der Waals surface area contributed by atoms with Gasteiger partial charge in [0.05, 0.1) is 12.1 Å². The summed E-state index contributed by atoms with van der Waals surface area (Å²) in [6.45, 7) is 2.02. The van der Waals surface area contributed by atoms with Gasteiger partial charge in [0, 0.05) is 32.9 Å². The highest BCUT2D eigenvalue weighted by Crippen LogP contribution is 2.13. The Morgan fingerprint density at radius 2 is 1.96 bits per heavy atom. The van der Waals surface area contributed by atoms with Crippen molar-refractivity contribution in [2.45, 2.75) is 0 Å². The zero-order valence-corrected chi connectivity index (χ0v) is 14.2. The lowest BCUT2D eigenvalue weighted by molar-refractivity contribution is 0.0934. The summed E-state index contributed by atoms with van der Waals surface area (Å²) in [5.74, 6) is -0.446. The van der Waals surface area contributed by atoms with Gasteiger partial charge in [0.25, 0.3) is 11.8 Å². The minimum absolute atomic E-state index is 0.196. The molecule has 2 aromatic heterocycles. The lowest BCUT2D eigenvalue weighted by Gasteiger charge is -2.09. The van der Waals surface area contributed by atoms with Crippen molar-refractivity contribution >= 4 is 17.3 Å². The van der Waals surface area contributed by atoms with Crippen LogP contribution in [0.25, 0.3) is 5.52 Å². The van der Waals surface area contributed by atoms with Gasteiger partial charge in [-0.25, -0.2) is 4.98 Å². The SMILES string of the molecule is COCCNC(=O)c1nc(C(=O)NCCN(C)C)n2ccccc12. The molecule has 0 aromatic carbocycles. The number of fused-ring (bicyclic) bond motifs is 1. The van der Waals surface area contributed by atoms with Gasteiger partial charge in [-0.3, -0.25) is 14.0 Å². The van der Waals surface area contributed by atoms with Gasteiger partial charge in [0.2, 0.25) is 5.82 Å². The number of methoxy groups -OCH3 is 1. The van der Waals surface area contributed by atoms with Crippen molar-refractivity contribution in [2.24, 2.45) is 0 Å². The first-order valence-electron chi connectivity index (χ1n) is 7.71. The van der Waals surface area contributed by atoms with Crippen LogP contribution >= 0.6 is 0 Å². The summed E-state index contributed by atoms with van der Waals surface area (Å²) >= 11 is 0. The standard InChI is InChI=1S/C16H23N5O3/c1-20(2)10-7-17-16(23)14-19-13(15(22)18-8-11-24-3)12-6-4-5-9-21(12)14/h4-6,9H,7-8,10-11H2,1-3H3,(H,17,23)(H,18,22). The van der Waals surface area contributed by atoms with Gasteiger partial charge in [0.15, 0.2) is 5.69 Å². The number of likely N-dealkylation sites (N-methyl/N-ethyl adjacent to an activating group) is 1. The molecular formula is C16H23N5O3. The third kappa shape index (κ3) is 4.30. The molecule has 24 heavy (non-hydrogen) atoms. The molecule has 8 heteroatoms. The molecule has 2 aromatic rings. The van der Waals surface area contributed by atoms with Crippen LogP contribution in [0.2, 0.25) is 0 Å². The van der Waals surface area contributed by atoms with Gasteiger partial charge in [-0.05, 0) is 26.2 Å². The maximum atomic E-state index is 12.4. The Kier molecular flexibility index (Phi) is 6.28. The molecule has 130 valence electrons. The van der Waals surface area contributed by atoms with E-state index in [9.17, 15) is 9.59 Å². The van der Waals surface area contributed by atoms with E-state index in [1.807, 2.05) is 19.0 Å². The summed E-state index contributed by atoms with van der Waals surface area (Å²) in [5.41, 5.74) is 0.814. The highest BCUT2D eigenvalue weighted by atomic mass is 16.5. The maximum Gasteiger partial charge on any atom is 0.287 e. The first-order chi connectivity index (χ1) is 11.5. The third-order valence-electron chi connectivity index (χ3n) is 3.40. The number of carbonyl (C=O) groups excluding carboxylic acids is 2. The van der Waals surface area contributed by atoms with Gasteiger partial charge in [-0.2, -0.15) is 0 Å². The van der Waals surface area contributed by atoms with Gasteiger partial charge in [0.1, 0.15) is 0 Å². The van der Waals surface area contributed by atoms with E-state index in [2.05, 4.69) is 15.6 Å². The molecule has 0 saturated heterocycles. The molecule has 0 aliphatic heterocycles. The van der Waals surface area contributed by atoms with Crippen molar-refractivity contribution in [3.05, 3.63) is 35.9 Å². The quantitative estimate of drug-likeness (QED) is 0.664. The molecule has 2 heterocycles. The van der Waals surface area contributed by atoms with Crippen LogP contribution in [0.5, 0.6) is 0 Å². The Morgan fingerprint density at radius 3 is 2.67 bits per heavy atom. The molecule has 2 rings (SSSR count). The second-order valence-electron chi connectivity index (χ2n) is 5.55. The van der Waals surface area contributed by atoms with E-state index < -0.39 is 0 Å². The Hall–Kier alpha value is -2.45. The zero-order chi connectivity index (χ0) is 17.5. The number of amides is 2. The molecule has 0 fully saturated rings. The number of nitrogens with zero attached hydrogens (tertiary/aromatic N) is 3. The molecule has 0 radical (unpaired) electrons. The van der Waals surface area contributed by atoms with Crippen LogP contribution in [0, 0.1) is 0 Å². The number of imidazole rings is 1. The molecule has 0 unspecified atom stereocenters. The first kappa shape index (κ1) is 17.9. The fourth-order valence-corrected chi connectivity index (χ4v) is 2.19. The molecule has 2 amide bonds.